The fraction of sp³-hybridized carbons (Fsp3) is 0.500. The molecule has 19 heavy (non-hydrogen) atoms. The molecule has 0 saturated carbocycles. The first-order valence-corrected chi connectivity index (χ1v) is 6.04. The Bertz CT molecular complexity index is 629. The van der Waals surface area contributed by atoms with Crippen LogP contribution in [0.1, 0.15) is 31.4 Å². The topological polar surface area (TPSA) is 74.8 Å². The summed E-state index contributed by atoms with van der Waals surface area (Å²) in [6.45, 7) is 6.01. The van der Waals surface area contributed by atoms with Crippen LogP contribution < -0.4 is 10.4 Å². The van der Waals surface area contributed by atoms with Crippen molar-refractivity contribution in [1.29, 1.82) is 0 Å². The molecule has 0 saturated heterocycles. The minimum absolute atomic E-state index is 0.0346. The second-order valence-electron chi connectivity index (χ2n) is 4.49. The van der Waals surface area contributed by atoms with Crippen molar-refractivity contribution in [2.75, 3.05) is 7.11 Å². The Balaban J connectivity index is 2.35. The van der Waals surface area contributed by atoms with E-state index in [0.29, 0.717) is 24.1 Å². The lowest BCUT2D eigenvalue weighted by molar-refractivity contribution is 0.377. The molecule has 0 aromatic carbocycles. The largest absolute Gasteiger partial charge is 0.467 e. The van der Waals surface area contributed by atoms with Gasteiger partial charge >= 0.3 is 11.7 Å². The lowest BCUT2D eigenvalue weighted by atomic mass is 10.4. The highest BCUT2D eigenvalue weighted by Gasteiger charge is 2.13. The Labute approximate surface area is 110 Å². The van der Waals surface area contributed by atoms with Gasteiger partial charge in [0.25, 0.3) is 0 Å². The first-order chi connectivity index (χ1) is 9.02. The molecule has 0 amide bonds. The van der Waals surface area contributed by atoms with Crippen molar-refractivity contribution in [3.05, 3.63) is 34.3 Å². The van der Waals surface area contributed by atoms with Gasteiger partial charge in [-0.15, -0.1) is 0 Å². The Hall–Kier alpha value is -2.18. The molecule has 7 heteroatoms. The lowest BCUT2D eigenvalue weighted by Gasteiger charge is -2.04. The molecule has 0 aliphatic carbocycles. The zero-order valence-corrected chi connectivity index (χ0v) is 11.5. The van der Waals surface area contributed by atoms with Gasteiger partial charge in [0.1, 0.15) is 5.82 Å². The smallest absolute Gasteiger partial charge is 0.346 e. The fourth-order valence-electron chi connectivity index (χ4n) is 1.76. The minimum Gasteiger partial charge on any atom is -0.467 e. The van der Waals surface area contributed by atoms with E-state index in [4.69, 9.17) is 4.74 Å². The lowest BCUT2D eigenvalue weighted by Crippen LogP contribution is -2.27. The fourth-order valence-corrected chi connectivity index (χ4v) is 1.76. The van der Waals surface area contributed by atoms with Gasteiger partial charge in [-0.25, -0.2) is 14.5 Å². The summed E-state index contributed by atoms with van der Waals surface area (Å²) in [7, 11) is 1.51. The summed E-state index contributed by atoms with van der Waals surface area (Å²) >= 11 is 0. The second kappa shape index (κ2) is 5.21. The molecule has 0 aliphatic rings. The first kappa shape index (κ1) is 13.3. The zero-order valence-electron chi connectivity index (χ0n) is 11.5. The number of aromatic nitrogens is 5. The van der Waals surface area contributed by atoms with Gasteiger partial charge in [-0.3, -0.25) is 4.57 Å². The number of hydrogen-bond donors (Lipinski definition) is 0. The maximum absolute atomic E-state index is 12.2. The van der Waals surface area contributed by atoms with E-state index in [9.17, 15) is 4.79 Å². The van der Waals surface area contributed by atoms with Gasteiger partial charge in [-0.2, -0.15) is 10.1 Å². The van der Waals surface area contributed by atoms with Crippen molar-refractivity contribution in [3.63, 3.8) is 0 Å². The summed E-state index contributed by atoms with van der Waals surface area (Å²) in [6, 6.07) is 2.08. The molecule has 7 nitrogen and oxygen atoms in total. The van der Waals surface area contributed by atoms with Crippen LogP contribution in [0.5, 0.6) is 6.01 Å². The van der Waals surface area contributed by atoms with Crippen LogP contribution in [0.3, 0.4) is 0 Å². The van der Waals surface area contributed by atoms with Crippen LogP contribution in [-0.2, 0) is 6.54 Å². The quantitative estimate of drug-likeness (QED) is 0.815. The van der Waals surface area contributed by atoms with E-state index in [0.717, 1.165) is 0 Å². The predicted octanol–water partition coefficient (Wildman–Crippen LogP) is 0.781. The molecule has 2 aromatic rings. The summed E-state index contributed by atoms with van der Waals surface area (Å²) in [6.07, 6.45) is 1.61. The third-order valence-corrected chi connectivity index (χ3v) is 2.75. The molecule has 0 radical (unpaired) electrons. The zero-order chi connectivity index (χ0) is 14.0. The molecule has 0 aliphatic heterocycles. The molecule has 2 aromatic heterocycles. The molecule has 0 atom stereocenters. The number of ether oxygens (including phenoxy) is 1. The molecule has 2 rings (SSSR count). The summed E-state index contributed by atoms with van der Waals surface area (Å²) in [5.74, 6) is 0.663. The van der Waals surface area contributed by atoms with Crippen LogP contribution in [0.4, 0.5) is 0 Å². The van der Waals surface area contributed by atoms with Crippen LogP contribution in [0.25, 0.3) is 0 Å². The minimum atomic E-state index is -0.134. The van der Waals surface area contributed by atoms with E-state index in [1.165, 1.54) is 11.8 Å². The van der Waals surface area contributed by atoms with Gasteiger partial charge in [0, 0.05) is 6.20 Å². The molecule has 0 fully saturated rings. The van der Waals surface area contributed by atoms with Crippen LogP contribution in [0.2, 0.25) is 0 Å². The number of nitrogens with zero attached hydrogens (tertiary/aromatic N) is 5. The van der Waals surface area contributed by atoms with Crippen molar-refractivity contribution < 1.29 is 4.74 Å². The summed E-state index contributed by atoms with van der Waals surface area (Å²) in [4.78, 5) is 20.3. The molecule has 0 spiro atoms. The van der Waals surface area contributed by atoms with Crippen LogP contribution in [0, 0.1) is 6.92 Å². The third kappa shape index (κ3) is 2.64. The maximum Gasteiger partial charge on any atom is 0.346 e. The standard InChI is InChI=1S/C12H17N5O2/c1-8(2)17-12(18)16(9(3)15-17)7-10-5-6-13-11(14-10)19-4/h5-6,8H,7H2,1-4H3. The van der Waals surface area contributed by atoms with Gasteiger partial charge in [-0.05, 0) is 26.8 Å². The average molecular weight is 263 g/mol. The number of rotatable bonds is 4. The van der Waals surface area contributed by atoms with E-state index in [-0.39, 0.29) is 11.7 Å². The highest BCUT2D eigenvalue weighted by atomic mass is 16.5. The monoisotopic (exact) mass is 263 g/mol. The Morgan fingerprint density at radius 1 is 1.42 bits per heavy atom. The molecular weight excluding hydrogens is 246 g/mol. The Morgan fingerprint density at radius 2 is 2.16 bits per heavy atom. The van der Waals surface area contributed by atoms with E-state index >= 15 is 0 Å². The summed E-state index contributed by atoms with van der Waals surface area (Å²) in [5, 5.41) is 4.24. The van der Waals surface area contributed by atoms with E-state index in [1.807, 2.05) is 13.8 Å². The van der Waals surface area contributed by atoms with Crippen molar-refractivity contribution in [2.45, 2.75) is 33.4 Å². The highest BCUT2D eigenvalue weighted by Crippen LogP contribution is 2.05. The van der Waals surface area contributed by atoms with Crippen molar-refractivity contribution in [2.24, 2.45) is 0 Å². The number of aryl methyl sites for hydroxylation is 1. The molecule has 0 unspecified atom stereocenters. The molecular formula is C12H17N5O2. The van der Waals surface area contributed by atoms with Gasteiger partial charge in [0.15, 0.2) is 0 Å². The van der Waals surface area contributed by atoms with E-state index < -0.39 is 0 Å². The van der Waals surface area contributed by atoms with Gasteiger partial charge in [-0.1, -0.05) is 0 Å². The van der Waals surface area contributed by atoms with Gasteiger partial charge < -0.3 is 4.74 Å². The highest BCUT2D eigenvalue weighted by molar-refractivity contribution is 5.06. The van der Waals surface area contributed by atoms with Crippen LogP contribution in [0.15, 0.2) is 17.1 Å². The van der Waals surface area contributed by atoms with Crippen molar-refractivity contribution >= 4 is 0 Å². The molecule has 0 N–H and O–H groups in total. The van der Waals surface area contributed by atoms with Gasteiger partial charge in [0.2, 0.25) is 0 Å². The molecule has 102 valence electrons. The van der Waals surface area contributed by atoms with Crippen LogP contribution in [-0.4, -0.2) is 31.4 Å². The molecule has 0 bridgehead atoms. The predicted molar refractivity (Wildman–Crippen MR) is 69.3 cm³/mol. The summed E-state index contributed by atoms with van der Waals surface area (Å²) < 4.78 is 8.02. The Kier molecular flexibility index (Phi) is 3.64. The number of methoxy groups -OCH3 is 1. The van der Waals surface area contributed by atoms with E-state index in [2.05, 4.69) is 15.1 Å². The summed E-state index contributed by atoms with van der Waals surface area (Å²) in [5.41, 5.74) is 0.574. The van der Waals surface area contributed by atoms with Crippen molar-refractivity contribution in [1.82, 2.24) is 24.3 Å². The normalized spacial score (nSPS) is 11.0. The first-order valence-electron chi connectivity index (χ1n) is 6.04. The second-order valence-corrected chi connectivity index (χ2v) is 4.49. The van der Waals surface area contributed by atoms with E-state index in [1.54, 1.807) is 23.8 Å². The van der Waals surface area contributed by atoms with Crippen LogP contribution >= 0.6 is 0 Å². The number of hydrogen-bond acceptors (Lipinski definition) is 5. The third-order valence-electron chi connectivity index (χ3n) is 2.75. The average Bonchev–Trinajstić information content (AvgIpc) is 2.67. The van der Waals surface area contributed by atoms with Gasteiger partial charge in [0.05, 0.1) is 25.4 Å². The Morgan fingerprint density at radius 3 is 2.74 bits per heavy atom. The SMILES string of the molecule is COc1nccc(Cn2c(C)nn(C(C)C)c2=O)n1. The maximum atomic E-state index is 12.2. The van der Waals surface area contributed by atoms with Crippen molar-refractivity contribution in [3.8, 4) is 6.01 Å². The molecule has 2 heterocycles.